The van der Waals surface area contributed by atoms with Gasteiger partial charge in [-0.2, -0.15) is 0 Å². The van der Waals surface area contributed by atoms with Crippen LogP contribution in [-0.4, -0.2) is 38.5 Å². The monoisotopic (exact) mass is 348 g/mol. The van der Waals surface area contributed by atoms with Crippen molar-refractivity contribution < 1.29 is 23.5 Å². The first-order valence-corrected chi connectivity index (χ1v) is 8.01. The van der Waals surface area contributed by atoms with E-state index < -0.39 is 0 Å². The lowest BCUT2D eigenvalue weighted by atomic mass is 10.1. The molecular weight excluding hydrogens is 324 g/mol. The van der Waals surface area contributed by atoms with E-state index in [9.17, 15) is 4.79 Å². The van der Waals surface area contributed by atoms with E-state index in [4.69, 9.17) is 18.7 Å². The average molecular weight is 348 g/mol. The maximum absolute atomic E-state index is 12.4. The second-order valence-corrected chi connectivity index (χ2v) is 5.65. The SMILES string of the molecule is COCCOc1ccc([C@@H](C)NC(=O)c2c(C)noc2C)cc1OC. The average Bonchev–Trinajstić information content (AvgIpc) is 2.93. The van der Waals surface area contributed by atoms with Crippen LogP contribution in [0, 0.1) is 13.8 Å². The number of hydrogen-bond donors (Lipinski definition) is 1. The van der Waals surface area contributed by atoms with E-state index in [2.05, 4.69) is 10.5 Å². The molecule has 0 radical (unpaired) electrons. The standard InChI is InChI=1S/C18H24N2O5/c1-11(19-18(21)17-12(2)20-25-13(17)3)14-6-7-15(16(10-14)23-5)24-9-8-22-4/h6-7,10-11H,8-9H2,1-5H3,(H,19,21)/t11-/m1/s1. The third-order valence-electron chi connectivity index (χ3n) is 3.84. The van der Waals surface area contributed by atoms with Gasteiger partial charge in [0.05, 0.1) is 25.5 Å². The number of nitrogens with zero attached hydrogens (tertiary/aromatic N) is 1. The number of carbonyl (C=O) groups is 1. The van der Waals surface area contributed by atoms with Crippen molar-refractivity contribution in [3.63, 3.8) is 0 Å². The lowest BCUT2D eigenvalue weighted by Crippen LogP contribution is -2.27. The normalized spacial score (nSPS) is 11.9. The minimum atomic E-state index is -0.219. The van der Waals surface area contributed by atoms with Gasteiger partial charge in [-0.25, -0.2) is 0 Å². The molecule has 0 aliphatic heterocycles. The van der Waals surface area contributed by atoms with Gasteiger partial charge in [-0.3, -0.25) is 4.79 Å². The van der Waals surface area contributed by atoms with Crippen LogP contribution >= 0.6 is 0 Å². The van der Waals surface area contributed by atoms with E-state index in [0.29, 0.717) is 41.7 Å². The van der Waals surface area contributed by atoms with Crippen molar-refractivity contribution in [1.29, 1.82) is 0 Å². The van der Waals surface area contributed by atoms with Crippen LogP contribution in [0.4, 0.5) is 0 Å². The van der Waals surface area contributed by atoms with Crippen LogP contribution < -0.4 is 14.8 Å². The maximum atomic E-state index is 12.4. The Labute approximate surface area is 147 Å². The summed E-state index contributed by atoms with van der Waals surface area (Å²) in [5.74, 6) is 1.52. The first-order chi connectivity index (χ1) is 12.0. The molecule has 1 aromatic heterocycles. The van der Waals surface area contributed by atoms with Crippen molar-refractivity contribution in [3.8, 4) is 11.5 Å². The highest BCUT2D eigenvalue weighted by molar-refractivity contribution is 5.96. The molecule has 136 valence electrons. The molecule has 25 heavy (non-hydrogen) atoms. The molecule has 0 fully saturated rings. The van der Waals surface area contributed by atoms with Gasteiger partial charge in [0.25, 0.3) is 5.91 Å². The molecule has 0 bridgehead atoms. The van der Waals surface area contributed by atoms with Crippen molar-refractivity contribution >= 4 is 5.91 Å². The van der Waals surface area contributed by atoms with E-state index in [1.807, 2.05) is 25.1 Å². The van der Waals surface area contributed by atoms with Gasteiger partial charge in [-0.15, -0.1) is 0 Å². The van der Waals surface area contributed by atoms with Crippen molar-refractivity contribution in [2.75, 3.05) is 27.4 Å². The summed E-state index contributed by atoms with van der Waals surface area (Å²) < 4.78 is 21.0. The van der Waals surface area contributed by atoms with Gasteiger partial charge < -0.3 is 24.1 Å². The van der Waals surface area contributed by atoms with Gasteiger partial charge in [-0.05, 0) is 38.5 Å². The van der Waals surface area contributed by atoms with Crippen LogP contribution in [0.25, 0.3) is 0 Å². The van der Waals surface area contributed by atoms with Gasteiger partial charge in [-0.1, -0.05) is 11.2 Å². The number of aryl methyl sites for hydroxylation is 2. The maximum Gasteiger partial charge on any atom is 0.257 e. The Morgan fingerprint density at radius 3 is 2.60 bits per heavy atom. The molecule has 2 rings (SSSR count). The van der Waals surface area contributed by atoms with Crippen LogP contribution in [0.3, 0.4) is 0 Å². The van der Waals surface area contributed by atoms with E-state index in [-0.39, 0.29) is 11.9 Å². The predicted molar refractivity (Wildman–Crippen MR) is 92.2 cm³/mol. The molecule has 0 aliphatic carbocycles. The number of methoxy groups -OCH3 is 2. The first-order valence-electron chi connectivity index (χ1n) is 8.01. The lowest BCUT2D eigenvalue weighted by Gasteiger charge is -2.17. The number of carbonyl (C=O) groups excluding carboxylic acids is 1. The summed E-state index contributed by atoms with van der Waals surface area (Å²) in [7, 11) is 3.20. The summed E-state index contributed by atoms with van der Waals surface area (Å²) >= 11 is 0. The van der Waals surface area contributed by atoms with E-state index in [1.165, 1.54) is 0 Å². The summed E-state index contributed by atoms with van der Waals surface area (Å²) in [4.78, 5) is 12.4. The second-order valence-electron chi connectivity index (χ2n) is 5.65. The summed E-state index contributed by atoms with van der Waals surface area (Å²) in [6, 6.07) is 5.34. The fourth-order valence-corrected chi connectivity index (χ4v) is 2.47. The zero-order valence-corrected chi connectivity index (χ0v) is 15.2. The molecule has 1 heterocycles. The molecule has 0 unspecified atom stereocenters. The molecule has 0 saturated carbocycles. The van der Waals surface area contributed by atoms with Crippen LogP contribution in [0.5, 0.6) is 11.5 Å². The highest BCUT2D eigenvalue weighted by Crippen LogP contribution is 2.30. The fraction of sp³-hybridized carbons (Fsp3) is 0.444. The number of hydrogen-bond acceptors (Lipinski definition) is 6. The molecule has 1 aromatic carbocycles. The van der Waals surface area contributed by atoms with Crippen LogP contribution in [-0.2, 0) is 4.74 Å². The van der Waals surface area contributed by atoms with Crippen LogP contribution in [0.15, 0.2) is 22.7 Å². The number of nitrogens with one attached hydrogen (secondary N) is 1. The van der Waals surface area contributed by atoms with E-state index in [0.717, 1.165) is 5.56 Å². The summed E-state index contributed by atoms with van der Waals surface area (Å²) in [5, 5.41) is 6.76. The highest BCUT2D eigenvalue weighted by Gasteiger charge is 2.20. The zero-order chi connectivity index (χ0) is 18.4. The molecule has 0 spiro atoms. The smallest absolute Gasteiger partial charge is 0.257 e. The molecule has 1 amide bonds. The highest BCUT2D eigenvalue weighted by atomic mass is 16.5. The lowest BCUT2D eigenvalue weighted by molar-refractivity contribution is 0.0937. The van der Waals surface area contributed by atoms with Crippen molar-refractivity contribution in [2.45, 2.75) is 26.8 Å². The molecule has 1 atom stereocenters. The van der Waals surface area contributed by atoms with Gasteiger partial charge in [0.1, 0.15) is 17.9 Å². The first kappa shape index (κ1) is 18.8. The third kappa shape index (κ3) is 4.51. The molecule has 7 heteroatoms. The van der Waals surface area contributed by atoms with Gasteiger partial charge >= 0.3 is 0 Å². The second kappa shape index (κ2) is 8.53. The summed E-state index contributed by atoms with van der Waals surface area (Å²) in [6.45, 7) is 6.29. The minimum Gasteiger partial charge on any atom is -0.493 e. The zero-order valence-electron chi connectivity index (χ0n) is 15.2. The molecule has 7 nitrogen and oxygen atoms in total. The molecule has 0 saturated heterocycles. The van der Waals surface area contributed by atoms with Crippen LogP contribution in [0.1, 0.15) is 40.3 Å². The Hall–Kier alpha value is -2.54. The van der Waals surface area contributed by atoms with Gasteiger partial charge in [0.15, 0.2) is 11.5 Å². The number of rotatable bonds is 8. The van der Waals surface area contributed by atoms with Crippen molar-refractivity contribution in [3.05, 3.63) is 40.8 Å². The quantitative estimate of drug-likeness (QED) is 0.739. The number of amides is 1. The largest absolute Gasteiger partial charge is 0.493 e. The van der Waals surface area contributed by atoms with Crippen molar-refractivity contribution in [2.24, 2.45) is 0 Å². The Bertz CT molecular complexity index is 707. The summed E-state index contributed by atoms with van der Waals surface area (Å²) in [6.07, 6.45) is 0. The Balaban J connectivity index is 2.11. The summed E-state index contributed by atoms with van der Waals surface area (Å²) in [5.41, 5.74) is 1.94. The van der Waals surface area contributed by atoms with Gasteiger partial charge in [0.2, 0.25) is 0 Å². The third-order valence-corrected chi connectivity index (χ3v) is 3.84. The minimum absolute atomic E-state index is 0.219. The molecule has 2 aromatic rings. The molecule has 0 aliphatic rings. The Morgan fingerprint density at radius 1 is 1.24 bits per heavy atom. The molecular formula is C18H24N2O5. The Morgan fingerprint density at radius 2 is 2.00 bits per heavy atom. The molecule has 1 N–H and O–H groups in total. The topological polar surface area (TPSA) is 82.8 Å². The van der Waals surface area contributed by atoms with E-state index in [1.54, 1.807) is 28.1 Å². The number of aromatic nitrogens is 1. The van der Waals surface area contributed by atoms with Crippen LogP contribution in [0.2, 0.25) is 0 Å². The predicted octanol–water partition coefficient (Wildman–Crippen LogP) is 2.82. The van der Waals surface area contributed by atoms with E-state index >= 15 is 0 Å². The number of ether oxygens (including phenoxy) is 3. The Kier molecular flexibility index (Phi) is 6.41. The van der Waals surface area contributed by atoms with Gasteiger partial charge in [0, 0.05) is 7.11 Å². The van der Waals surface area contributed by atoms with Crippen molar-refractivity contribution in [1.82, 2.24) is 10.5 Å². The number of benzene rings is 1. The fourth-order valence-electron chi connectivity index (χ4n) is 2.47.